The van der Waals surface area contributed by atoms with Gasteiger partial charge < -0.3 is 15.3 Å². The summed E-state index contributed by atoms with van der Waals surface area (Å²) in [5.41, 5.74) is -1.75. The molecular weight excluding hydrogens is 408 g/mol. The van der Waals surface area contributed by atoms with E-state index in [9.17, 15) is 29.7 Å². The monoisotopic (exact) mass is 446 g/mol. The molecule has 0 saturated heterocycles. The molecule has 0 aromatic carbocycles. The first-order valence-corrected chi connectivity index (χ1v) is 12.2. The van der Waals surface area contributed by atoms with Gasteiger partial charge in [0.1, 0.15) is 0 Å². The molecule has 0 heterocycles. The smallest absolute Gasteiger partial charge is 0.310 e. The Bertz CT molecular complexity index is 876. The average Bonchev–Trinajstić information content (AvgIpc) is 2.97. The maximum atomic E-state index is 13.0. The van der Waals surface area contributed by atoms with E-state index in [1.165, 1.54) is 0 Å². The van der Waals surface area contributed by atoms with Crippen molar-refractivity contribution in [2.75, 3.05) is 0 Å². The quantitative estimate of drug-likeness (QED) is 0.575. The zero-order valence-corrected chi connectivity index (χ0v) is 19.8. The van der Waals surface area contributed by atoms with E-state index in [0.717, 1.165) is 31.3 Å². The number of aliphatic carboxylic acids is 2. The van der Waals surface area contributed by atoms with E-state index in [4.69, 9.17) is 0 Å². The molecule has 6 heteroatoms. The summed E-state index contributed by atoms with van der Waals surface area (Å²) in [6.45, 7) is 8.27. The molecule has 3 N–H and O–H groups in total. The van der Waals surface area contributed by atoms with Crippen molar-refractivity contribution in [2.45, 2.75) is 91.1 Å². The molecule has 0 aliphatic heterocycles. The first-order chi connectivity index (χ1) is 14.8. The summed E-state index contributed by atoms with van der Waals surface area (Å²) >= 11 is 0. The molecule has 4 rings (SSSR count). The molecule has 178 valence electrons. The van der Waals surface area contributed by atoms with Crippen LogP contribution in [0.5, 0.6) is 0 Å². The van der Waals surface area contributed by atoms with Gasteiger partial charge in [-0.05, 0) is 85.5 Å². The minimum Gasteiger partial charge on any atom is -0.481 e. The number of carboxylic acid groups (broad SMARTS) is 2. The number of hydrogen-bond donors (Lipinski definition) is 3. The molecule has 4 aliphatic carbocycles. The third kappa shape index (κ3) is 2.97. The molecule has 0 aromatic heterocycles. The molecule has 0 amide bonds. The van der Waals surface area contributed by atoms with Gasteiger partial charge in [-0.2, -0.15) is 0 Å². The highest BCUT2D eigenvalue weighted by atomic mass is 16.4. The van der Waals surface area contributed by atoms with Crippen molar-refractivity contribution in [3.63, 3.8) is 0 Å². The van der Waals surface area contributed by atoms with Crippen LogP contribution in [0, 0.1) is 39.9 Å². The molecule has 0 spiro atoms. The Hall–Kier alpha value is -1.69. The predicted molar refractivity (Wildman–Crippen MR) is 119 cm³/mol. The minimum atomic E-state index is -1.08. The Morgan fingerprint density at radius 2 is 1.75 bits per heavy atom. The maximum Gasteiger partial charge on any atom is 0.310 e. The van der Waals surface area contributed by atoms with Gasteiger partial charge in [0.25, 0.3) is 0 Å². The van der Waals surface area contributed by atoms with Crippen molar-refractivity contribution < 1.29 is 29.7 Å². The summed E-state index contributed by atoms with van der Waals surface area (Å²) < 4.78 is 0. The summed E-state index contributed by atoms with van der Waals surface area (Å²) in [4.78, 5) is 36.6. The van der Waals surface area contributed by atoms with Crippen LogP contribution in [0.2, 0.25) is 0 Å². The van der Waals surface area contributed by atoms with Gasteiger partial charge in [0.15, 0.2) is 5.78 Å². The van der Waals surface area contributed by atoms with Crippen molar-refractivity contribution in [1.29, 1.82) is 0 Å². The van der Waals surface area contributed by atoms with Gasteiger partial charge in [-0.25, -0.2) is 0 Å². The summed E-state index contributed by atoms with van der Waals surface area (Å²) in [5.74, 6) is -1.66. The molecule has 0 bridgehead atoms. The Balaban J connectivity index is 1.84. The van der Waals surface area contributed by atoms with Crippen LogP contribution in [0.3, 0.4) is 0 Å². The summed E-state index contributed by atoms with van der Waals surface area (Å²) in [5, 5.41) is 31.6. The second kappa shape index (κ2) is 7.41. The normalized spacial score (nSPS) is 45.6. The van der Waals surface area contributed by atoms with Gasteiger partial charge in [0.2, 0.25) is 0 Å². The summed E-state index contributed by atoms with van der Waals surface area (Å²) in [7, 11) is 0. The molecule has 6 nitrogen and oxygen atoms in total. The third-order valence-electron chi connectivity index (χ3n) is 10.6. The Morgan fingerprint density at radius 3 is 2.34 bits per heavy atom. The number of fused-ring (bicyclic) bond motifs is 5. The van der Waals surface area contributed by atoms with Crippen LogP contribution in [0.15, 0.2) is 11.6 Å². The number of rotatable bonds is 5. The molecule has 3 saturated carbocycles. The topological polar surface area (TPSA) is 112 Å². The number of carboxylic acids is 2. The van der Waals surface area contributed by atoms with Gasteiger partial charge in [-0.1, -0.05) is 33.3 Å². The van der Waals surface area contributed by atoms with Crippen LogP contribution >= 0.6 is 0 Å². The van der Waals surface area contributed by atoms with Crippen LogP contribution in [-0.2, 0) is 14.4 Å². The fraction of sp³-hybridized carbons (Fsp3) is 0.808. The van der Waals surface area contributed by atoms with Crippen LogP contribution in [0.25, 0.3) is 0 Å². The van der Waals surface area contributed by atoms with E-state index in [1.807, 2.05) is 13.8 Å². The molecule has 32 heavy (non-hydrogen) atoms. The standard InChI is InChI=1S/C26H38O6/c1-15(2)26(22(30)31)14-16-13-17(27)5-9-23(16,3)18-6-10-24(4)19(21(18)26)7-11-25(24,32)12-8-20(28)29/h13,15,18-19,21,32H,5-12,14H2,1-4H3,(H,28,29)(H,30,31)/t18?,19?,21?,23-,24-,25+,26?/m0/s1. The second-order valence-corrected chi connectivity index (χ2v) is 11.9. The van der Waals surface area contributed by atoms with E-state index < -0.39 is 28.4 Å². The highest BCUT2D eigenvalue weighted by Crippen LogP contribution is 2.72. The third-order valence-corrected chi connectivity index (χ3v) is 10.6. The fourth-order valence-electron chi connectivity index (χ4n) is 8.55. The molecule has 0 radical (unpaired) electrons. The number of aliphatic hydroxyl groups is 1. The van der Waals surface area contributed by atoms with Crippen molar-refractivity contribution in [3.8, 4) is 0 Å². The first-order valence-electron chi connectivity index (χ1n) is 12.2. The molecule has 0 aromatic rings. The molecule has 7 atom stereocenters. The number of hydrogen-bond acceptors (Lipinski definition) is 4. The number of allylic oxidation sites excluding steroid dienone is 1. The highest BCUT2D eigenvalue weighted by Gasteiger charge is 2.70. The van der Waals surface area contributed by atoms with Gasteiger partial charge in [0, 0.05) is 12.8 Å². The lowest BCUT2D eigenvalue weighted by molar-refractivity contribution is -0.193. The largest absolute Gasteiger partial charge is 0.481 e. The Morgan fingerprint density at radius 1 is 1.09 bits per heavy atom. The lowest BCUT2D eigenvalue weighted by Crippen LogP contribution is -2.63. The fourth-order valence-corrected chi connectivity index (χ4v) is 8.55. The average molecular weight is 447 g/mol. The lowest BCUT2D eigenvalue weighted by atomic mass is 9.39. The van der Waals surface area contributed by atoms with Gasteiger partial charge in [0.05, 0.1) is 11.0 Å². The zero-order chi connectivity index (χ0) is 23.7. The zero-order valence-electron chi connectivity index (χ0n) is 19.8. The van der Waals surface area contributed by atoms with Gasteiger partial charge in [-0.15, -0.1) is 0 Å². The van der Waals surface area contributed by atoms with Crippen LogP contribution in [-0.4, -0.2) is 38.6 Å². The minimum absolute atomic E-state index is 0.0227. The van der Waals surface area contributed by atoms with E-state index in [1.54, 1.807) is 6.08 Å². The Kier molecular flexibility index (Phi) is 5.43. The number of carbonyl (C=O) groups excluding carboxylic acids is 1. The molecule has 3 fully saturated rings. The van der Waals surface area contributed by atoms with E-state index in [2.05, 4.69) is 13.8 Å². The van der Waals surface area contributed by atoms with Gasteiger partial charge >= 0.3 is 11.9 Å². The van der Waals surface area contributed by atoms with Crippen molar-refractivity contribution in [1.82, 2.24) is 0 Å². The van der Waals surface area contributed by atoms with Crippen molar-refractivity contribution >= 4 is 17.7 Å². The first kappa shape index (κ1) is 23.5. The van der Waals surface area contributed by atoms with Crippen LogP contribution < -0.4 is 0 Å². The summed E-state index contributed by atoms with van der Waals surface area (Å²) in [6.07, 6.45) is 6.36. The second-order valence-electron chi connectivity index (χ2n) is 11.9. The Labute approximate surface area is 190 Å². The van der Waals surface area contributed by atoms with Crippen LogP contribution in [0.4, 0.5) is 0 Å². The highest BCUT2D eigenvalue weighted by molar-refractivity contribution is 5.92. The summed E-state index contributed by atoms with van der Waals surface area (Å²) in [6, 6.07) is 0. The molecule has 4 unspecified atom stereocenters. The van der Waals surface area contributed by atoms with Crippen LogP contribution in [0.1, 0.15) is 85.5 Å². The lowest BCUT2D eigenvalue weighted by Gasteiger charge is -2.65. The predicted octanol–water partition coefficient (Wildman–Crippen LogP) is 4.45. The SMILES string of the molecule is CC(C)C1(C(=O)O)CC2=CC(=O)CC[C@]2(C)C2CC[C@@]3(C)C(CC[C@@]3(O)CCC(=O)O)C21. The number of ketones is 1. The van der Waals surface area contributed by atoms with Crippen molar-refractivity contribution in [3.05, 3.63) is 11.6 Å². The molecular formula is C26H38O6. The van der Waals surface area contributed by atoms with E-state index >= 15 is 0 Å². The van der Waals surface area contributed by atoms with E-state index in [-0.39, 0.29) is 47.7 Å². The van der Waals surface area contributed by atoms with E-state index in [0.29, 0.717) is 19.3 Å². The van der Waals surface area contributed by atoms with Gasteiger partial charge in [-0.3, -0.25) is 14.4 Å². The van der Waals surface area contributed by atoms with Crippen molar-refractivity contribution in [2.24, 2.45) is 39.9 Å². The number of carbonyl (C=O) groups is 3. The maximum absolute atomic E-state index is 13.0. The molecule has 4 aliphatic rings.